The van der Waals surface area contributed by atoms with Crippen LogP contribution in [0.5, 0.6) is 0 Å². The second kappa shape index (κ2) is 6.23. The molecule has 0 heterocycles. The third-order valence-corrected chi connectivity index (χ3v) is 1.34. The Balaban J connectivity index is 2.83. The molecule has 0 spiro atoms. The maximum absolute atomic E-state index is 4.65. The van der Waals surface area contributed by atoms with Gasteiger partial charge in [-0.1, -0.05) is 24.1 Å². The first-order valence-corrected chi connectivity index (χ1v) is 4.04. The van der Waals surface area contributed by atoms with Crippen molar-refractivity contribution >= 4 is 29.2 Å². The predicted molar refractivity (Wildman–Crippen MR) is 47.5 cm³/mol. The molecule has 1 N–H and O–H groups in total. The van der Waals surface area contributed by atoms with Crippen LogP contribution < -0.4 is 5.32 Å². The van der Waals surface area contributed by atoms with Crippen molar-refractivity contribution in [3.8, 4) is 0 Å². The van der Waals surface area contributed by atoms with E-state index < -0.39 is 0 Å². The second-order valence-electron chi connectivity index (χ2n) is 1.92. The van der Waals surface area contributed by atoms with Crippen LogP contribution in [0.4, 0.5) is 0 Å². The molecule has 0 bridgehead atoms. The maximum Gasteiger partial charge on any atom is 0.0132 e. The van der Waals surface area contributed by atoms with Gasteiger partial charge >= 0.3 is 0 Å². The van der Waals surface area contributed by atoms with E-state index in [1.807, 2.05) is 0 Å². The van der Waals surface area contributed by atoms with Crippen LogP contribution in [0.25, 0.3) is 0 Å². The minimum atomic E-state index is 0.492. The normalized spacial score (nSPS) is 9.00. The van der Waals surface area contributed by atoms with Crippen LogP contribution >= 0.6 is 12.2 Å². The van der Waals surface area contributed by atoms with Gasteiger partial charge in [-0.15, -0.1) is 0 Å². The van der Waals surface area contributed by atoms with Crippen molar-refractivity contribution in [2.24, 2.45) is 0 Å². The third kappa shape index (κ3) is 8.11. The highest BCUT2D eigenvalue weighted by Gasteiger charge is 1.81. The van der Waals surface area contributed by atoms with Gasteiger partial charge in [0, 0.05) is 6.54 Å². The van der Waals surface area contributed by atoms with Gasteiger partial charge in [-0.05, 0) is 6.42 Å². The van der Waals surface area contributed by atoms with E-state index in [9.17, 15) is 0 Å². The molecule has 0 saturated carbocycles. The smallest absolute Gasteiger partial charge is 0.0132 e. The molecule has 0 fully saturated rings. The van der Waals surface area contributed by atoms with Gasteiger partial charge < -0.3 is 30.2 Å². The van der Waals surface area contributed by atoms with Crippen LogP contribution in [0.1, 0.15) is 26.2 Å². The van der Waals surface area contributed by atoms with Crippen molar-refractivity contribution in [2.75, 3.05) is 6.54 Å². The van der Waals surface area contributed by atoms with E-state index in [0.29, 0.717) is 4.32 Å². The summed E-state index contributed by atoms with van der Waals surface area (Å²) in [6.07, 6.45) is 3.67. The molecule has 9 heavy (non-hydrogen) atoms. The van der Waals surface area contributed by atoms with Crippen molar-refractivity contribution in [1.29, 1.82) is 0 Å². The standard InChI is InChI=1S/C6H13NS2/c1-2-3-4-5-7-6(8)9/h2-5H2,1H3,(H2,7,8,9)/p-1. The number of unbranched alkanes of at least 4 members (excludes halogenated alkanes) is 2. The Bertz CT molecular complexity index is 83.1. The summed E-state index contributed by atoms with van der Waals surface area (Å²) in [5.74, 6) is 0. The minimum absolute atomic E-state index is 0.492. The largest absolute Gasteiger partial charge is 0.412 e. The highest BCUT2D eigenvalue weighted by atomic mass is 32.1. The number of hydrogen-bond donors (Lipinski definition) is 1. The molecule has 0 rings (SSSR count). The van der Waals surface area contributed by atoms with Gasteiger partial charge in [-0.2, -0.15) is 0 Å². The SMILES string of the molecule is CCCCCNC(=S)[S-]. The lowest BCUT2D eigenvalue weighted by molar-refractivity contribution is 0.700. The minimum Gasteiger partial charge on any atom is -0.412 e. The predicted octanol–water partition coefficient (Wildman–Crippen LogP) is 1.60. The molecule has 0 amide bonds. The lowest BCUT2D eigenvalue weighted by Gasteiger charge is -2.07. The fourth-order valence-corrected chi connectivity index (χ4v) is 0.770. The average molecular weight is 162 g/mol. The number of rotatable bonds is 4. The summed E-state index contributed by atoms with van der Waals surface area (Å²) < 4.78 is 0.492. The van der Waals surface area contributed by atoms with Crippen LogP contribution in [0.2, 0.25) is 0 Å². The van der Waals surface area contributed by atoms with E-state index in [0.717, 1.165) is 6.54 Å². The highest BCUT2D eigenvalue weighted by Crippen LogP contribution is 1.90. The van der Waals surface area contributed by atoms with Crippen molar-refractivity contribution in [2.45, 2.75) is 26.2 Å². The molecule has 0 radical (unpaired) electrons. The fraction of sp³-hybridized carbons (Fsp3) is 0.833. The molecule has 0 aromatic rings. The van der Waals surface area contributed by atoms with E-state index in [-0.39, 0.29) is 0 Å². The summed E-state index contributed by atoms with van der Waals surface area (Å²) in [6, 6.07) is 0. The number of thiocarbonyl (C=S) groups is 1. The van der Waals surface area contributed by atoms with Crippen LogP contribution in [0.3, 0.4) is 0 Å². The summed E-state index contributed by atoms with van der Waals surface area (Å²) in [6.45, 7) is 3.11. The number of nitrogens with one attached hydrogen (secondary N) is 1. The molecule has 0 aliphatic rings. The molecule has 0 aliphatic heterocycles. The van der Waals surface area contributed by atoms with Gasteiger partial charge in [-0.25, -0.2) is 0 Å². The van der Waals surface area contributed by atoms with Gasteiger partial charge in [-0.3, -0.25) is 0 Å². The van der Waals surface area contributed by atoms with Crippen molar-refractivity contribution in [3.63, 3.8) is 0 Å². The molecule has 0 aliphatic carbocycles. The van der Waals surface area contributed by atoms with Gasteiger partial charge in [0.2, 0.25) is 0 Å². The monoisotopic (exact) mass is 162 g/mol. The highest BCUT2D eigenvalue weighted by molar-refractivity contribution is 8.00. The first-order chi connectivity index (χ1) is 4.27. The Hall–Kier alpha value is 0.110. The van der Waals surface area contributed by atoms with Crippen molar-refractivity contribution < 1.29 is 0 Å². The average Bonchev–Trinajstić information content (AvgIpc) is 1.80. The summed E-state index contributed by atoms with van der Waals surface area (Å²) in [5, 5.41) is 2.93. The zero-order chi connectivity index (χ0) is 7.11. The van der Waals surface area contributed by atoms with E-state index >= 15 is 0 Å². The topological polar surface area (TPSA) is 12.0 Å². The Morgan fingerprint density at radius 2 is 2.22 bits per heavy atom. The van der Waals surface area contributed by atoms with E-state index in [1.54, 1.807) is 0 Å². The Morgan fingerprint density at radius 1 is 1.56 bits per heavy atom. The summed E-state index contributed by atoms with van der Waals surface area (Å²) in [7, 11) is 0. The fourth-order valence-electron chi connectivity index (χ4n) is 0.565. The van der Waals surface area contributed by atoms with E-state index in [1.165, 1.54) is 19.3 Å². The molecular formula is C6H12NS2-. The Labute approximate surface area is 67.6 Å². The lowest BCUT2D eigenvalue weighted by Crippen LogP contribution is -2.19. The zero-order valence-electron chi connectivity index (χ0n) is 5.64. The van der Waals surface area contributed by atoms with Crippen molar-refractivity contribution in [1.82, 2.24) is 5.32 Å². The van der Waals surface area contributed by atoms with Gasteiger partial charge in [0.05, 0.1) is 0 Å². The molecular weight excluding hydrogens is 150 g/mol. The van der Waals surface area contributed by atoms with Gasteiger partial charge in [0.1, 0.15) is 0 Å². The molecule has 0 aromatic heterocycles. The quantitative estimate of drug-likeness (QED) is 0.383. The van der Waals surface area contributed by atoms with Gasteiger partial charge in [0.15, 0.2) is 0 Å². The maximum atomic E-state index is 4.65. The first-order valence-electron chi connectivity index (χ1n) is 3.22. The van der Waals surface area contributed by atoms with Gasteiger partial charge in [0.25, 0.3) is 0 Å². The molecule has 0 aromatic carbocycles. The lowest BCUT2D eigenvalue weighted by atomic mass is 10.2. The third-order valence-electron chi connectivity index (χ3n) is 1.05. The van der Waals surface area contributed by atoms with Crippen LogP contribution in [0, 0.1) is 0 Å². The first kappa shape index (κ1) is 9.11. The summed E-state index contributed by atoms with van der Waals surface area (Å²) >= 11 is 9.30. The summed E-state index contributed by atoms with van der Waals surface area (Å²) in [4.78, 5) is 0. The molecule has 1 nitrogen and oxygen atoms in total. The Morgan fingerprint density at radius 3 is 2.67 bits per heavy atom. The second-order valence-corrected chi connectivity index (χ2v) is 3.00. The van der Waals surface area contributed by atoms with E-state index in [2.05, 4.69) is 37.1 Å². The molecule has 0 unspecified atom stereocenters. The number of hydrogen-bond acceptors (Lipinski definition) is 2. The molecule has 3 heteroatoms. The van der Waals surface area contributed by atoms with Crippen LogP contribution in [-0.4, -0.2) is 10.9 Å². The van der Waals surface area contributed by atoms with E-state index in [4.69, 9.17) is 0 Å². The summed E-state index contributed by atoms with van der Waals surface area (Å²) in [5.41, 5.74) is 0. The zero-order valence-corrected chi connectivity index (χ0v) is 7.28. The molecule has 0 saturated heterocycles. The van der Waals surface area contributed by atoms with Crippen molar-refractivity contribution in [3.05, 3.63) is 0 Å². The van der Waals surface area contributed by atoms with Crippen LogP contribution in [0.15, 0.2) is 0 Å². The molecule has 54 valence electrons. The molecule has 0 atom stereocenters. The Kier molecular flexibility index (Phi) is 6.31. The van der Waals surface area contributed by atoms with Crippen LogP contribution in [-0.2, 0) is 12.6 Å².